The van der Waals surface area contributed by atoms with Crippen molar-refractivity contribution in [3.05, 3.63) is 180 Å². The third kappa shape index (κ3) is 19.6. The van der Waals surface area contributed by atoms with Crippen LogP contribution in [0.1, 0.15) is 30.0 Å². The van der Waals surface area contributed by atoms with Crippen LogP contribution in [-0.2, 0) is 19.8 Å². The first kappa shape index (κ1) is 48.7. The number of nitrogens with one attached hydrogen (secondary N) is 3. The predicted octanol–water partition coefficient (Wildman–Crippen LogP) is 11.1. The van der Waals surface area contributed by atoms with Crippen LogP contribution >= 0.6 is 48.3 Å². The molecule has 0 unspecified atom stereocenters. The minimum absolute atomic E-state index is 0.516. The van der Waals surface area contributed by atoms with E-state index >= 15 is 0 Å². The molecule has 6 aromatic rings. The second kappa shape index (κ2) is 29.3. The summed E-state index contributed by atoms with van der Waals surface area (Å²) < 4.78 is 17.2. The van der Waals surface area contributed by atoms with Gasteiger partial charge in [-0.15, -0.1) is 11.6 Å². The number of nitrogen functional groups attached to an aromatic ring is 1. The molecule has 62 heavy (non-hydrogen) atoms. The number of halogens is 1. The van der Waals surface area contributed by atoms with Gasteiger partial charge in [-0.2, -0.15) is 0 Å². The van der Waals surface area contributed by atoms with Gasteiger partial charge in [0, 0.05) is 67.3 Å². The van der Waals surface area contributed by atoms with Gasteiger partial charge in [0.25, 0.3) is 0 Å². The number of rotatable bonds is 15. The molecule has 1 fully saturated rings. The van der Waals surface area contributed by atoms with Crippen LogP contribution in [0.4, 0.5) is 17.1 Å². The lowest BCUT2D eigenvalue weighted by Crippen LogP contribution is -2.29. The van der Waals surface area contributed by atoms with E-state index < -0.39 is 0 Å². The van der Waals surface area contributed by atoms with Crippen molar-refractivity contribution >= 4 is 80.7 Å². The lowest BCUT2D eigenvalue weighted by molar-refractivity contribution is 0.306. The summed E-state index contributed by atoms with van der Waals surface area (Å²) in [4.78, 5) is 5.74. The Morgan fingerprint density at radius 2 is 1.24 bits per heavy atom. The fraction of sp³-hybridized carbons (Fsp3) is 0.204. The Bertz CT molecular complexity index is 2250. The number of aliphatic imine (C=N–C) groups is 1. The molecular weight excluding hydrogens is 852 g/mol. The van der Waals surface area contributed by atoms with Crippen LogP contribution in [0.2, 0.25) is 0 Å². The molecule has 0 amide bonds. The summed E-state index contributed by atoms with van der Waals surface area (Å²) >= 11 is 20.3. The van der Waals surface area contributed by atoms with Gasteiger partial charge in [0.2, 0.25) is 0 Å². The van der Waals surface area contributed by atoms with Gasteiger partial charge in [-0.1, -0.05) is 116 Å². The molecule has 1 heterocycles. The average molecular weight is 906 g/mol. The summed E-state index contributed by atoms with van der Waals surface area (Å²) in [6, 6.07) is 53.5. The number of hydrogen-bond donors (Lipinski definition) is 4. The van der Waals surface area contributed by atoms with Crippen LogP contribution in [-0.4, -0.2) is 47.4 Å². The summed E-state index contributed by atoms with van der Waals surface area (Å²) in [5.74, 6) is 2.98. The van der Waals surface area contributed by atoms with Crippen LogP contribution in [0.25, 0.3) is 0 Å². The Labute approximate surface area is 387 Å². The first-order valence-corrected chi connectivity index (χ1v) is 21.9. The molecule has 0 atom stereocenters. The zero-order chi connectivity index (χ0) is 44.0. The molecule has 9 nitrogen and oxygen atoms in total. The van der Waals surface area contributed by atoms with Crippen molar-refractivity contribution in [1.29, 1.82) is 0 Å². The van der Waals surface area contributed by atoms with Crippen LogP contribution in [0.3, 0.4) is 0 Å². The maximum Gasteiger partial charge on any atom is 0.173 e. The largest absolute Gasteiger partial charge is 0.489 e. The SMILES string of the molecule is CCCN=C=S.Nc1cccc(OCc2ccccc2)c1.S=C(NCCCl)Nc1cccc(OCc2ccccc2)c1.S=C1NCCN1c1cccc(OCc2ccccc2)c1. The van der Waals surface area contributed by atoms with Gasteiger partial charge < -0.3 is 40.8 Å². The van der Waals surface area contributed by atoms with E-state index in [4.69, 9.17) is 56.0 Å². The number of hydrogen-bond acceptors (Lipinski definition) is 8. The first-order valence-electron chi connectivity index (χ1n) is 20.1. The smallest absolute Gasteiger partial charge is 0.173 e. The van der Waals surface area contributed by atoms with E-state index in [9.17, 15) is 0 Å². The second-order valence-electron chi connectivity index (χ2n) is 13.3. The van der Waals surface area contributed by atoms with E-state index in [1.807, 2.05) is 146 Å². The molecule has 0 aromatic heterocycles. The topological polar surface area (TPSA) is 105 Å². The molecule has 1 saturated heterocycles. The number of nitrogens with two attached hydrogens (primary N) is 1. The van der Waals surface area contributed by atoms with E-state index in [0.717, 1.165) is 82.2 Å². The fourth-order valence-electron chi connectivity index (χ4n) is 5.44. The molecule has 0 radical (unpaired) electrons. The van der Waals surface area contributed by atoms with Gasteiger partial charge in [-0.05, 0) is 96.2 Å². The molecule has 5 N–H and O–H groups in total. The minimum Gasteiger partial charge on any atom is -0.489 e. The highest BCUT2D eigenvalue weighted by Crippen LogP contribution is 2.24. The Morgan fingerprint density at radius 3 is 1.71 bits per heavy atom. The minimum atomic E-state index is 0.516. The van der Waals surface area contributed by atoms with E-state index in [1.165, 1.54) is 0 Å². The molecule has 0 bridgehead atoms. The molecule has 7 rings (SSSR count). The number of isothiocyanates is 1. The van der Waals surface area contributed by atoms with Crippen LogP contribution < -0.4 is 40.8 Å². The molecule has 1 aliphatic rings. The number of anilines is 3. The number of ether oxygens (including phenoxy) is 3. The van der Waals surface area contributed by atoms with Gasteiger partial charge in [0.1, 0.15) is 37.1 Å². The molecule has 13 heteroatoms. The normalized spacial score (nSPS) is 11.0. The molecule has 0 spiro atoms. The number of alkyl halides is 1. The van der Waals surface area contributed by atoms with Crippen molar-refractivity contribution in [2.45, 2.75) is 33.2 Å². The van der Waals surface area contributed by atoms with E-state index in [2.05, 4.69) is 68.3 Å². The predicted molar refractivity (Wildman–Crippen MR) is 269 cm³/mol. The maximum atomic E-state index is 5.84. The Balaban J connectivity index is 0.000000194. The summed E-state index contributed by atoms with van der Waals surface area (Å²) in [5.41, 5.74) is 11.8. The standard InChI is InChI=1S/C16H17ClN2OS.C16H16N2OS.C13H13NO.C4H7NS/c17-9-10-18-16(21)19-14-7-4-8-15(11-14)20-12-13-5-2-1-3-6-13;20-16-17-9-10-18(16)14-7-4-8-15(11-14)19-12-13-5-2-1-3-6-13;14-12-7-4-8-13(9-12)15-10-11-5-2-1-3-6-11;1-2-3-5-4-6/h1-8,11H,9-10,12H2,(H2,18,19,21);1-8,11H,9-10,12H2,(H,17,20);1-9H,10,14H2;2-3H2,1H3. The highest BCUT2D eigenvalue weighted by molar-refractivity contribution is 7.80. The van der Waals surface area contributed by atoms with Crippen molar-refractivity contribution in [2.24, 2.45) is 4.99 Å². The third-order valence-electron chi connectivity index (χ3n) is 8.46. The van der Waals surface area contributed by atoms with Crippen molar-refractivity contribution < 1.29 is 14.2 Å². The highest BCUT2D eigenvalue weighted by atomic mass is 35.5. The summed E-state index contributed by atoms with van der Waals surface area (Å²) in [6.07, 6.45) is 1.06. The molecule has 322 valence electrons. The molecule has 0 aliphatic carbocycles. The highest BCUT2D eigenvalue weighted by Gasteiger charge is 2.17. The monoisotopic (exact) mass is 904 g/mol. The zero-order valence-corrected chi connectivity index (χ0v) is 38.0. The quantitative estimate of drug-likeness (QED) is 0.0343. The Hall–Kier alpha value is -6.01. The lowest BCUT2D eigenvalue weighted by atomic mass is 10.2. The number of benzene rings is 6. The van der Waals surface area contributed by atoms with Gasteiger partial charge in [0.15, 0.2) is 10.2 Å². The van der Waals surface area contributed by atoms with Crippen molar-refractivity contribution in [1.82, 2.24) is 10.6 Å². The van der Waals surface area contributed by atoms with E-state index in [-0.39, 0.29) is 0 Å². The van der Waals surface area contributed by atoms with Gasteiger partial charge in [-0.3, -0.25) is 0 Å². The molecule has 6 aromatic carbocycles. The van der Waals surface area contributed by atoms with E-state index in [1.54, 1.807) is 0 Å². The van der Waals surface area contributed by atoms with Crippen molar-refractivity contribution in [2.75, 3.05) is 48.0 Å². The fourth-order valence-corrected chi connectivity index (χ4v) is 6.15. The number of thiocarbonyl (C=S) groups is 3. The van der Waals surface area contributed by atoms with Crippen LogP contribution in [0.5, 0.6) is 17.2 Å². The molecule has 1 aliphatic heterocycles. The van der Waals surface area contributed by atoms with E-state index in [0.29, 0.717) is 37.4 Å². The van der Waals surface area contributed by atoms with Gasteiger partial charge in [-0.25, -0.2) is 4.99 Å². The number of nitrogens with zero attached hydrogens (tertiary/aromatic N) is 2. The Morgan fingerprint density at radius 1 is 0.726 bits per heavy atom. The third-order valence-corrected chi connectivity index (χ3v) is 9.39. The zero-order valence-electron chi connectivity index (χ0n) is 34.8. The van der Waals surface area contributed by atoms with Gasteiger partial charge in [0.05, 0.1) is 5.16 Å². The van der Waals surface area contributed by atoms with Crippen LogP contribution in [0, 0.1) is 0 Å². The molecular formula is C49H53ClN6O3S3. The molecule has 0 saturated carbocycles. The van der Waals surface area contributed by atoms with Crippen molar-refractivity contribution in [3.8, 4) is 17.2 Å². The summed E-state index contributed by atoms with van der Waals surface area (Å²) in [5, 5.41) is 12.9. The van der Waals surface area contributed by atoms with Gasteiger partial charge >= 0.3 is 0 Å². The van der Waals surface area contributed by atoms with Crippen LogP contribution in [0.15, 0.2) is 169 Å². The first-order chi connectivity index (χ1) is 30.4. The second-order valence-corrected chi connectivity index (χ2v) is 14.7. The summed E-state index contributed by atoms with van der Waals surface area (Å²) in [7, 11) is 0. The van der Waals surface area contributed by atoms with Crippen molar-refractivity contribution in [3.63, 3.8) is 0 Å². The maximum absolute atomic E-state index is 5.84. The average Bonchev–Trinajstić information content (AvgIpc) is 3.75. The lowest BCUT2D eigenvalue weighted by Gasteiger charge is -2.17. The Kier molecular flexibility index (Phi) is 23.0. The summed E-state index contributed by atoms with van der Waals surface area (Å²) in [6.45, 7) is 7.00.